The van der Waals surface area contributed by atoms with E-state index in [9.17, 15) is 4.79 Å². The minimum Gasteiger partial charge on any atom is -0.378 e. The van der Waals surface area contributed by atoms with Gasteiger partial charge in [-0.05, 0) is 42.7 Å². The summed E-state index contributed by atoms with van der Waals surface area (Å²) >= 11 is 0. The first-order valence-corrected chi connectivity index (χ1v) is 8.59. The molecule has 0 saturated carbocycles. The number of pyridine rings is 1. The number of hydrazine groups is 1. The van der Waals surface area contributed by atoms with Crippen molar-refractivity contribution in [2.45, 2.75) is 24.9 Å². The Kier molecular flexibility index (Phi) is 5.63. The molecule has 0 bridgehead atoms. The molecule has 1 aliphatic heterocycles. The SMILES string of the molecule is CN(C)c1ccc(CCNC(=O)C2CC(c3ccccn3)NN2)cc1. The molecule has 1 saturated heterocycles. The second-order valence-electron chi connectivity index (χ2n) is 6.49. The lowest BCUT2D eigenvalue weighted by Gasteiger charge is -2.13. The number of hydrogen-bond donors (Lipinski definition) is 3. The zero-order chi connectivity index (χ0) is 17.6. The van der Waals surface area contributed by atoms with Crippen molar-refractivity contribution in [1.29, 1.82) is 0 Å². The van der Waals surface area contributed by atoms with Crippen LogP contribution in [0.25, 0.3) is 0 Å². The third kappa shape index (κ3) is 4.55. The number of aromatic nitrogens is 1. The average Bonchev–Trinajstić information content (AvgIpc) is 3.13. The van der Waals surface area contributed by atoms with Gasteiger partial charge >= 0.3 is 0 Å². The van der Waals surface area contributed by atoms with Crippen molar-refractivity contribution in [3.63, 3.8) is 0 Å². The summed E-state index contributed by atoms with van der Waals surface area (Å²) in [5.41, 5.74) is 9.56. The molecule has 25 heavy (non-hydrogen) atoms. The smallest absolute Gasteiger partial charge is 0.238 e. The van der Waals surface area contributed by atoms with E-state index in [0.29, 0.717) is 13.0 Å². The van der Waals surface area contributed by atoms with Gasteiger partial charge in [0.1, 0.15) is 6.04 Å². The molecule has 2 heterocycles. The number of amides is 1. The number of benzene rings is 1. The lowest BCUT2D eigenvalue weighted by Crippen LogP contribution is -2.43. The molecule has 1 aromatic carbocycles. The van der Waals surface area contributed by atoms with Gasteiger partial charge in [0.05, 0.1) is 11.7 Å². The first-order valence-electron chi connectivity index (χ1n) is 8.59. The molecule has 2 unspecified atom stereocenters. The van der Waals surface area contributed by atoms with Crippen molar-refractivity contribution in [2.24, 2.45) is 0 Å². The highest BCUT2D eigenvalue weighted by Crippen LogP contribution is 2.20. The summed E-state index contributed by atoms with van der Waals surface area (Å²) in [5, 5.41) is 3.01. The Labute approximate surface area is 148 Å². The minimum atomic E-state index is -0.233. The van der Waals surface area contributed by atoms with Crippen LogP contribution in [0.15, 0.2) is 48.7 Å². The summed E-state index contributed by atoms with van der Waals surface area (Å²) < 4.78 is 0. The molecule has 1 fully saturated rings. The third-order valence-corrected chi connectivity index (χ3v) is 4.43. The first-order chi connectivity index (χ1) is 12.1. The van der Waals surface area contributed by atoms with Crippen molar-refractivity contribution < 1.29 is 4.79 Å². The van der Waals surface area contributed by atoms with Gasteiger partial charge in [-0.3, -0.25) is 9.78 Å². The van der Waals surface area contributed by atoms with E-state index in [1.54, 1.807) is 6.20 Å². The van der Waals surface area contributed by atoms with E-state index >= 15 is 0 Å². The van der Waals surface area contributed by atoms with Crippen molar-refractivity contribution >= 4 is 11.6 Å². The van der Waals surface area contributed by atoms with Crippen LogP contribution in [0.2, 0.25) is 0 Å². The molecule has 3 rings (SSSR count). The van der Waals surface area contributed by atoms with Crippen molar-refractivity contribution in [3.05, 3.63) is 59.9 Å². The number of carbonyl (C=O) groups excluding carboxylic acids is 1. The summed E-state index contributed by atoms with van der Waals surface area (Å²) in [6, 6.07) is 14.0. The van der Waals surface area contributed by atoms with Gasteiger partial charge < -0.3 is 10.2 Å². The normalized spacial score (nSPS) is 19.6. The molecule has 0 radical (unpaired) electrons. The van der Waals surface area contributed by atoms with Gasteiger partial charge in [-0.2, -0.15) is 0 Å². The zero-order valence-electron chi connectivity index (χ0n) is 14.7. The van der Waals surface area contributed by atoms with Gasteiger partial charge in [0, 0.05) is 32.5 Å². The third-order valence-electron chi connectivity index (χ3n) is 4.43. The quantitative estimate of drug-likeness (QED) is 0.742. The summed E-state index contributed by atoms with van der Waals surface area (Å²) in [6.07, 6.45) is 3.29. The fourth-order valence-electron chi connectivity index (χ4n) is 2.92. The van der Waals surface area contributed by atoms with Crippen LogP contribution in [0.4, 0.5) is 5.69 Å². The Morgan fingerprint density at radius 3 is 2.68 bits per heavy atom. The topological polar surface area (TPSA) is 69.3 Å². The lowest BCUT2D eigenvalue weighted by molar-refractivity contribution is -0.122. The fourth-order valence-corrected chi connectivity index (χ4v) is 2.92. The van der Waals surface area contributed by atoms with Crippen LogP contribution >= 0.6 is 0 Å². The van der Waals surface area contributed by atoms with Gasteiger partial charge in [-0.25, -0.2) is 10.9 Å². The van der Waals surface area contributed by atoms with Crippen LogP contribution in [0.5, 0.6) is 0 Å². The van der Waals surface area contributed by atoms with E-state index < -0.39 is 0 Å². The summed E-state index contributed by atoms with van der Waals surface area (Å²) in [4.78, 5) is 18.7. The fraction of sp³-hybridized carbons (Fsp3) is 0.368. The molecule has 0 aliphatic carbocycles. The summed E-state index contributed by atoms with van der Waals surface area (Å²) in [7, 11) is 4.05. The Bertz CT molecular complexity index is 687. The summed E-state index contributed by atoms with van der Waals surface area (Å²) in [6.45, 7) is 0.632. The van der Waals surface area contributed by atoms with Gasteiger partial charge in [0.25, 0.3) is 0 Å². The standard InChI is InChI=1S/C19H25N5O/c1-24(2)15-8-6-14(7-9-15)10-12-21-19(25)18-13-17(22-23-18)16-5-3-4-11-20-16/h3-9,11,17-18,22-23H,10,12-13H2,1-2H3,(H,21,25). The lowest BCUT2D eigenvalue weighted by atomic mass is 10.1. The van der Waals surface area contributed by atoms with Gasteiger partial charge in [0.2, 0.25) is 5.91 Å². The average molecular weight is 339 g/mol. The van der Waals surface area contributed by atoms with Crippen molar-refractivity contribution in [2.75, 3.05) is 25.5 Å². The van der Waals surface area contributed by atoms with Crippen LogP contribution in [0.1, 0.15) is 23.7 Å². The van der Waals surface area contributed by atoms with E-state index in [1.165, 1.54) is 11.3 Å². The number of carbonyl (C=O) groups is 1. The minimum absolute atomic E-state index is 0.0239. The van der Waals surface area contributed by atoms with E-state index in [-0.39, 0.29) is 18.0 Å². The second-order valence-corrected chi connectivity index (χ2v) is 6.49. The molecule has 6 nitrogen and oxygen atoms in total. The Morgan fingerprint density at radius 2 is 2.00 bits per heavy atom. The van der Waals surface area contributed by atoms with Gasteiger partial charge in [0.15, 0.2) is 0 Å². The highest BCUT2D eigenvalue weighted by molar-refractivity contribution is 5.82. The molecule has 1 aromatic heterocycles. The maximum absolute atomic E-state index is 12.3. The van der Waals surface area contributed by atoms with Gasteiger partial charge in [-0.15, -0.1) is 0 Å². The van der Waals surface area contributed by atoms with Crippen LogP contribution in [0, 0.1) is 0 Å². The second kappa shape index (κ2) is 8.09. The molecule has 2 aromatic rings. The maximum Gasteiger partial charge on any atom is 0.238 e. The number of hydrogen-bond acceptors (Lipinski definition) is 5. The van der Waals surface area contributed by atoms with Crippen LogP contribution in [0.3, 0.4) is 0 Å². The van der Waals surface area contributed by atoms with Crippen LogP contribution in [-0.2, 0) is 11.2 Å². The predicted molar refractivity (Wildman–Crippen MR) is 99.1 cm³/mol. The van der Waals surface area contributed by atoms with Crippen molar-refractivity contribution in [3.8, 4) is 0 Å². The molecular formula is C19H25N5O. The van der Waals surface area contributed by atoms with Crippen LogP contribution < -0.4 is 21.1 Å². The molecular weight excluding hydrogens is 314 g/mol. The largest absolute Gasteiger partial charge is 0.378 e. The predicted octanol–water partition coefficient (Wildman–Crippen LogP) is 1.41. The van der Waals surface area contributed by atoms with Crippen molar-refractivity contribution in [1.82, 2.24) is 21.2 Å². The highest BCUT2D eigenvalue weighted by atomic mass is 16.2. The highest BCUT2D eigenvalue weighted by Gasteiger charge is 2.30. The maximum atomic E-state index is 12.3. The molecule has 132 valence electrons. The molecule has 0 spiro atoms. The van der Waals surface area contributed by atoms with E-state index in [1.807, 2.05) is 32.3 Å². The Morgan fingerprint density at radius 1 is 1.20 bits per heavy atom. The van der Waals surface area contributed by atoms with E-state index in [2.05, 4.69) is 50.3 Å². The van der Waals surface area contributed by atoms with E-state index in [4.69, 9.17) is 0 Å². The number of rotatable bonds is 6. The molecule has 3 N–H and O–H groups in total. The van der Waals surface area contributed by atoms with Gasteiger partial charge in [-0.1, -0.05) is 18.2 Å². The monoisotopic (exact) mass is 339 g/mol. The number of nitrogens with one attached hydrogen (secondary N) is 3. The number of anilines is 1. The Hall–Kier alpha value is -2.44. The molecule has 6 heteroatoms. The number of nitrogens with zero attached hydrogens (tertiary/aromatic N) is 2. The summed E-state index contributed by atoms with van der Waals surface area (Å²) in [5.74, 6) is 0.0239. The van der Waals surface area contributed by atoms with Crippen LogP contribution in [-0.4, -0.2) is 37.6 Å². The Balaban J connectivity index is 1.44. The molecule has 1 amide bonds. The first kappa shape index (κ1) is 17.4. The van der Waals surface area contributed by atoms with E-state index in [0.717, 1.165) is 12.1 Å². The molecule has 1 aliphatic rings. The zero-order valence-corrected chi connectivity index (χ0v) is 14.7. The molecule has 2 atom stereocenters.